The van der Waals surface area contributed by atoms with Crippen molar-refractivity contribution < 1.29 is 132 Å². The highest BCUT2D eigenvalue weighted by atomic mass is 19.4. The number of carbonyl (C=O) groups is 3. The molecule has 9 atom stereocenters. The first kappa shape index (κ1) is 64.8. The van der Waals surface area contributed by atoms with Gasteiger partial charge in [-0.05, 0) is 76.1 Å². The second kappa shape index (κ2) is 23.3. The maximum atomic E-state index is 14.3. The molecule has 0 spiro atoms. The Morgan fingerprint density at radius 2 is 0.934 bits per heavy atom. The monoisotopic (exact) mass is 1130 g/mol. The van der Waals surface area contributed by atoms with Crippen LogP contribution >= 0.6 is 0 Å². The highest BCUT2D eigenvalue weighted by Crippen LogP contribution is 2.66. The fraction of sp³-hybridized carbons (Fsp3) is 0.553. The van der Waals surface area contributed by atoms with Crippen LogP contribution in [0.3, 0.4) is 0 Å². The van der Waals surface area contributed by atoms with Crippen LogP contribution < -0.4 is 0 Å². The fourth-order valence-electron chi connectivity index (χ4n) is 9.66. The lowest BCUT2D eigenvalue weighted by Gasteiger charge is -2.41. The number of hydrogen-bond acceptors (Lipinski definition) is 9. The first-order chi connectivity index (χ1) is 34.6. The van der Waals surface area contributed by atoms with Crippen LogP contribution in [0.1, 0.15) is 72.6 Å². The summed E-state index contributed by atoms with van der Waals surface area (Å²) in [6.45, 7) is 4.95. The number of allylic oxidation sites excluding steroid dienone is 2. The molecular formula is C47H46F20O9. The van der Waals surface area contributed by atoms with E-state index in [1.54, 1.807) is 13.0 Å². The largest absolute Gasteiger partial charge is 0.466 e. The van der Waals surface area contributed by atoms with Crippen LogP contribution in [0.15, 0.2) is 96.8 Å². The second-order valence-electron chi connectivity index (χ2n) is 17.7. The molecule has 0 heterocycles. The number of methoxy groups -OCH3 is 1. The summed E-state index contributed by atoms with van der Waals surface area (Å²) in [6.07, 6.45) is -22.8. The topological polar surface area (TPSA) is 140 Å². The summed E-state index contributed by atoms with van der Waals surface area (Å²) in [5, 5.41) is 25.3. The van der Waals surface area contributed by atoms with Crippen molar-refractivity contribution in [2.45, 2.75) is 111 Å². The van der Waals surface area contributed by atoms with Crippen LogP contribution in [-0.4, -0.2) is 107 Å². The van der Waals surface area contributed by atoms with Gasteiger partial charge in [0.2, 0.25) is 11.2 Å². The third-order valence-electron chi connectivity index (χ3n) is 13.4. The maximum absolute atomic E-state index is 14.3. The van der Waals surface area contributed by atoms with E-state index in [1.807, 2.05) is 0 Å². The quantitative estimate of drug-likeness (QED) is 0.0667. The number of carbonyl (C=O) groups excluding carboxylic acids is 3. The van der Waals surface area contributed by atoms with Crippen LogP contribution in [0.4, 0.5) is 87.8 Å². The molecule has 3 N–H and O–H groups in total. The van der Waals surface area contributed by atoms with E-state index in [2.05, 4.69) is 20.8 Å². The minimum absolute atomic E-state index is 0.0380. The summed E-state index contributed by atoms with van der Waals surface area (Å²) in [6, 6.07) is 13.3. The molecule has 0 aliphatic heterocycles. The SMILES string of the molecule is C=C(C)C(=O)OC.CO.O=C(OC(=C(F)F)C(F)(F)F)c1ccccc1.O=C(OC1(C(F)(F)F)C2C=CC(C2)C1(F)F)c1ccccc1.OC1(C(F)(F)F)C2CCC(C2)C1(F)F.OC1(C(F)(F)F)C2CCC(C2)C1(F)F. The Balaban J connectivity index is 0.000000257. The molecule has 428 valence electrons. The lowest BCUT2D eigenvalue weighted by Crippen LogP contribution is -2.63. The van der Waals surface area contributed by atoms with Crippen LogP contribution in [0.2, 0.25) is 0 Å². The van der Waals surface area contributed by atoms with Gasteiger partial charge in [0.25, 0.3) is 23.2 Å². The van der Waals surface area contributed by atoms with Gasteiger partial charge in [-0.2, -0.15) is 61.5 Å². The molecule has 6 aliphatic rings. The van der Waals surface area contributed by atoms with Gasteiger partial charge in [-0.15, -0.1) is 0 Å². The van der Waals surface area contributed by atoms with E-state index in [-0.39, 0.29) is 62.0 Å². The molecule has 6 bridgehead atoms. The highest BCUT2D eigenvalue weighted by molar-refractivity contribution is 5.90. The zero-order valence-electron chi connectivity index (χ0n) is 39.4. The van der Waals surface area contributed by atoms with Gasteiger partial charge in [0.1, 0.15) is 0 Å². The molecule has 6 aliphatic carbocycles. The number of rotatable bonds is 5. The van der Waals surface area contributed by atoms with Crippen molar-refractivity contribution in [2.24, 2.45) is 35.5 Å². The van der Waals surface area contributed by atoms with E-state index in [0.29, 0.717) is 5.57 Å². The van der Waals surface area contributed by atoms with Gasteiger partial charge in [-0.1, -0.05) is 55.1 Å². The molecule has 5 saturated carbocycles. The van der Waals surface area contributed by atoms with E-state index in [9.17, 15) is 112 Å². The lowest BCUT2D eigenvalue weighted by molar-refractivity contribution is -0.347. The molecule has 8 rings (SSSR count). The molecular weight excluding hydrogens is 1090 g/mol. The smallest absolute Gasteiger partial charge is 0.455 e. The number of aliphatic hydroxyl groups excluding tert-OH is 1. The van der Waals surface area contributed by atoms with Gasteiger partial charge < -0.3 is 29.5 Å². The van der Waals surface area contributed by atoms with Crippen LogP contribution in [0.25, 0.3) is 0 Å². The van der Waals surface area contributed by atoms with E-state index in [0.717, 1.165) is 31.4 Å². The predicted octanol–water partition coefficient (Wildman–Crippen LogP) is 12.5. The number of hydrogen-bond donors (Lipinski definition) is 3. The molecule has 2 aromatic rings. The standard InChI is InChI=1S/C15H11F5O2.C10H5F5O2.2C8H9F5O.C5H8O2.CH4O/c16-14(17)11-7-6-10(8-11)13(14,15(18,19)20)22-12(21)9-4-2-1-3-5-9;11-8(12)7(10(13,14)15)17-9(16)6-4-2-1-3-5-6;2*9-7(10)5-2-1-4(3-5)6(7,14)8(11,12)13;1-4(2)5(6)7-3;1-2/h1-7,10-11H,8H2;1-5H;2*4-5,14H,1-3H2;1H2,2-3H3;2H,1H3. The van der Waals surface area contributed by atoms with E-state index in [4.69, 9.17) is 5.11 Å². The van der Waals surface area contributed by atoms with Crippen LogP contribution in [-0.2, 0) is 19.0 Å². The van der Waals surface area contributed by atoms with Crippen molar-refractivity contribution in [2.75, 3.05) is 14.2 Å². The van der Waals surface area contributed by atoms with Crippen molar-refractivity contribution >= 4 is 17.9 Å². The Morgan fingerprint density at radius 3 is 1.18 bits per heavy atom. The van der Waals surface area contributed by atoms with Gasteiger partial charge in [-0.3, -0.25) is 0 Å². The summed E-state index contributed by atoms with van der Waals surface area (Å²) >= 11 is 0. The van der Waals surface area contributed by atoms with Crippen LogP contribution in [0.5, 0.6) is 0 Å². The van der Waals surface area contributed by atoms with Gasteiger partial charge in [0.05, 0.1) is 18.2 Å². The zero-order valence-corrected chi connectivity index (χ0v) is 39.4. The Morgan fingerprint density at radius 1 is 0.566 bits per heavy atom. The second-order valence-corrected chi connectivity index (χ2v) is 17.7. The summed E-state index contributed by atoms with van der Waals surface area (Å²) in [7, 11) is 2.33. The Labute approximate surface area is 418 Å². The molecule has 5 fully saturated rings. The number of aliphatic hydroxyl groups is 3. The summed E-state index contributed by atoms with van der Waals surface area (Å²) in [4.78, 5) is 33.2. The normalized spacial score (nSPS) is 29.4. The number of fused-ring (bicyclic) bond motifs is 6. The van der Waals surface area contributed by atoms with Gasteiger partial charge >= 0.3 is 54.6 Å². The van der Waals surface area contributed by atoms with Gasteiger partial charge in [-0.25, -0.2) is 40.7 Å². The third kappa shape index (κ3) is 12.1. The number of ether oxygens (including phenoxy) is 3. The summed E-state index contributed by atoms with van der Waals surface area (Å²) in [5.41, 5.74) is -11.4. The average Bonchev–Trinajstić information content (AvgIpc) is 4.20. The van der Waals surface area contributed by atoms with E-state index in [1.165, 1.54) is 49.6 Å². The molecule has 9 nitrogen and oxygen atoms in total. The Kier molecular flexibility index (Phi) is 19.8. The molecule has 2 aromatic carbocycles. The van der Waals surface area contributed by atoms with Crippen LogP contribution in [0, 0.1) is 35.5 Å². The van der Waals surface area contributed by atoms with Crippen molar-refractivity contribution in [1.29, 1.82) is 0 Å². The van der Waals surface area contributed by atoms with E-state index >= 15 is 0 Å². The van der Waals surface area contributed by atoms with Crippen molar-refractivity contribution in [3.63, 3.8) is 0 Å². The first-order valence-electron chi connectivity index (χ1n) is 22.0. The van der Waals surface area contributed by atoms with E-state index < -0.39 is 119 Å². The molecule has 76 heavy (non-hydrogen) atoms. The molecule has 0 radical (unpaired) electrons. The number of esters is 3. The number of halogens is 20. The molecule has 0 aromatic heterocycles. The average molecular weight is 1130 g/mol. The zero-order chi connectivity index (χ0) is 58.6. The highest BCUT2D eigenvalue weighted by Gasteiger charge is 2.83. The Hall–Kier alpha value is -5.45. The fourth-order valence-corrected chi connectivity index (χ4v) is 9.66. The minimum atomic E-state index is -5.41. The summed E-state index contributed by atoms with van der Waals surface area (Å²) in [5.74, 6) is -26.5. The van der Waals surface area contributed by atoms with Gasteiger partial charge in [0, 0.05) is 48.2 Å². The minimum Gasteiger partial charge on any atom is -0.466 e. The molecule has 0 saturated heterocycles. The van der Waals surface area contributed by atoms with Gasteiger partial charge in [0.15, 0.2) is 0 Å². The lowest BCUT2D eigenvalue weighted by atomic mass is 9.80. The number of alkyl halides is 18. The third-order valence-corrected chi connectivity index (χ3v) is 13.4. The first-order valence-corrected chi connectivity index (χ1v) is 22.0. The Bertz CT molecular complexity index is 2350. The molecule has 9 unspecified atom stereocenters. The number of benzene rings is 2. The predicted molar refractivity (Wildman–Crippen MR) is 222 cm³/mol. The van der Waals surface area contributed by atoms with Crippen molar-refractivity contribution in [1.82, 2.24) is 0 Å². The van der Waals surface area contributed by atoms with Crippen molar-refractivity contribution in [3.05, 3.63) is 108 Å². The summed E-state index contributed by atoms with van der Waals surface area (Å²) < 4.78 is 268. The molecule has 29 heteroatoms. The molecule has 0 amide bonds. The maximum Gasteiger partial charge on any atom is 0.455 e. The van der Waals surface area contributed by atoms with Crippen molar-refractivity contribution in [3.8, 4) is 0 Å².